The molecule has 20 heavy (non-hydrogen) atoms. The number of thioether (sulfide) groups is 1. The van der Waals surface area contributed by atoms with Crippen molar-refractivity contribution >= 4 is 34.7 Å². The standard InChI is InChI=1S/C13H10ClFN2O2S/c14-9-1-3-12(17(18)19)8(5-9)7-20-13-4-2-10(15)6-11(13)16/h1-6H,7,16H2. The summed E-state index contributed by atoms with van der Waals surface area (Å²) in [6.45, 7) is 0. The summed E-state index contributed by atoms with van der Waals surface area (Å²) in [4.78, 5) is 11.1. The number of nitrogens with zero attached hydrogens (tertiary/aromatic N) is 1. The van der Waals surface area contributed by atoms with E-state index >= 15 is 0 Å². The molecule has 0 amide bonds. The van der Waals surface area contributed by atoms with Crippen LogP contribution < -0.4 is 5.73 Å². The minimum atomic E-state index is -0.458. The number of benzene rings is 2. The number of hydrogen-bond acceptors (Lipinski definition) is 4. The lowest BCUT2D eigenvalue weighted by Gasteiger charge is -2.06. The molecule has 0 saturated carbocycles. The highest BCUT2D eigenvalue weighted by Crippen LogP contribution is 2.32. The molecule has 2 aromatic carbocycles. The van der Waals surface area contributed by atoms with Crippen LogP contribution in [-0.4, -0.2) is 4.92 Å². The number of halogens is 2. The van der Waals surface area contributed by atoms with E-state index in [4.69, 9.17) is 17.3 Å². The Labute approximate surface area is 123 Å². The van der Waals surface area contributed by atoms with Gasteiger partial charge in [-0.3, -0.25) is 10.1 Å². The Balaban J connectivity index is 2.22. The van der Waals surface area contributed by atoms with Gasteiger partial charge in [0.2, 0.25) is 0 Å². The first kappa shape index (κ1) is 14.6. The maximum Gasteiger partial charge on any atom is 0.273 e. The fourth-order valence-corrected chi connectivity index (χ4v) is 2.78. The molecule has 0 unspecified atom stereocenters. The van der Waals surface area contributed by atoms with Crippen LogP contribution in [0.15, 0.2) is 41.3 Å². The SMILES string of the molecule is Nc1cc(F)ccc1SCc1cc(Cl)ccc1[N+](=O)[O-]. The van der Waals surface area contributed by atoms with Gasteiger partial charge >= 0.3 is 0 Å². The van der Waals surface area contributed by atoms with Gasteiger partial charge in [-0.1, -0.05) is 11.6 Å². The number of nitro groups is 1. The molecule has 7 heteroatoms. The molecule has 0 aliphatic carbocycles. The molecule has 0 aliphatic heterocycles. The minimum Gasteiger partial charge on any atom is -0.398 e. The molecule has 104 valence electrons. The van der Waals surface area contributed by atoms with Gasteiger partial charge in [0.1, 0.15) is 5.82 Å². The first-order valence-electron chi connectivity index (χ1n) is 5.58. The van der Waals surface area contributed by atoms with E-state index < -0.39 is 10.7 Å². The summed E-state index contributed by atoms with van der Waals surface area (Å²) in [5, 5.41) is 11.4. The molecule has 2 N–H and O–H groups in total. The molecule has 0 heterocycles. The Kier molecular flexibility index (Phi) is 4.46. The molecule has 0 saturated heterocycles. The quantitative estimate of drug-likeness (QED) is 0.396. The molecule has 2 rings (SSSR count). The highest BCUT2D eigenvalue weighted by atomic mass is 35.5. The summed E-state index contributed by atoms with van der Waals surface area (Å²) >= 11 is 7.14. The van der Waals surface area contributed by atoms with Gasteiger partial charge in [0.25, 0.3) is 5.69 Å². The Morgan fingerprint density at radius 3 is 2.70 bits per heavy atom. The third kappa shape index (κ3) is 3.40. The molecule has 0 aromatic heterocycles. The number of rotatable bonds is 4. The van der Waals surface area contributed by atoms with E-state index in [0.717, 1.165) is 0 Å². The van der Waals surface area contributed by atoms with Gasteiger partial charge in [-0.05, 0) is 30.3 Å². The van der Waals surface area contributed by atoms with Gasteiger partial charge < -0.3 is 5.73 Å². The number of hydrogen-bond donors (Lipinski definition) is 1. The van der Waals surface area contributed by atoms with Crippen LogP contribution >= 0.6 is 23.4 Å². The normalized spacial score (nSPS) is 10.5. The zero-order valence-electron chi connectivity index (χ0n) is 10.2. The van der Waals surface area contributed by atoms with Crippen LogP contribution in [0.4, 0.5) is 15.8 Å². The minimum absolute atomic E-state index is 0.00239. The lowest BCUT2D eigenvalue weighted by Crippen LogP contribution is -1.95. The lowest BCUT2D eigenvalue weighted by molar-refractivity contribution is -0.385. The highest BCUT2D eigenvalue weighted by Gasteiger charge is 2.14. The van der Waals surface area contributed by atoms with Crippen molar-refractivity contribution in [3.63, 3.8) is 0 Å². The van der Waals surface area contributed by atoms with E-state index in [1.165, 1.54) is 36.0 Å². The average molecular weight is 313 g/mol. The fourth-order valence-electron chi connectivity index (χ4n) is 1.65. The van der Waals surface area contributed by atoms with Crippen LogP contribution in [0.5, 0.6) is 0 Å². The summed E-state index contributed by atoms with van der Waals surface area (Å²) in [6, 6.07) is 8.45. The Bertz CT molecular complexity index is 667. The Hall–Kier alpha value is -1.79. The van der Waals surface area contributed by atoms with E-state index in [1.54, 1.807) is 12.1 Å². The van der Waals surface area contributed by atoms with Crippen LogP contribution in [0.2, 0.25) is 5.02 Å². The molecule has 2 aromatic rings. The largest absolute Gasteiger partial charge is 0.398 e. The van der Waals surface area contributed by atoms with Crippen LogP contribution in [0.3, 0.4) is 0 Å². The van der Waals surface area contributed by atoms with Crippen molar-refractivity contribution in [3.8, 4) is 0 Å². The average Bonchev–Trinajstić information content (AvgIpc) is 2.37. The molecule has 0 bridgehead atoms. The van der Waals surface area contributed by atoms with E-state index in [9.17, 15) is 14.5 Å². The van der Waals surface area contributed by atoms with Gasteiger partial charge in [-0.15, -0.1) is 11.8 Å². The smallest absolute Gasteiger partial charge is 0.273 e. The summed E-state index contributed by atoms with van der Waals surface area (Å²) < 4.78 is 12.9. The van der Waals surface area contributed by atoms with Crippen molar-refractivity contribution in [1.82, 2.24) is 0 Å². The predicted molar refractivity (Wildman–Crippen MR) is 78.5 cm³/mol. The van der Waals surface area contributed by atoms with Crippen LogP contribution in [0, 0.1) is 15.9 Å². The van der Waals surface area contributed by atoms with Crippen LogP contribution in [0.1, 0.15) is 5.56 Å². The molecular weight excluding hydrogens is 303 g/mol. The van der Waals surface area contributed by atoms with E-state index in [1.807, 2.05) is 0 Å². The predicted octanol–water partition coefficient (Wildman–Crippen LogP) is 4.26. The van der Waals surface area contributed by atoms with E-state index in [2.05, 4.69) is 0 Å². The lowest BCUT2D eigenvalue weighted by atomic mass is 10.2. The molecule has 0 radical (unpaired) electrons. The maximum absolute atomic E-state index is 12.9. The topological polar surface area (TPSA) is 69.2 Å². The first-order chi connectivity index (χ1) is 9.47. The Morgan fingerprint density at radius 2 is 2.05 bits per heavy atom. The van der Waals surface area contributed by atoms with Crippen molar-refractivity contribution < 1.29 is 9.31 Å². The summed E-state index contributed by atoms with van der Waals surface area (Å²) in [5.74, 6) is -0.0900. The zero-order chi connectivity index (χ0) is 14.7. The second kappa shape index (κ2) is 6.11. The van der Waals surface area contributed by atoms with Gasteiger partial charge in [0.05, 0.1) is 4.92 Å². The molecule has 0 atom stereocenters. The fraction of sp³-hybridized carbons (Fsp3) is 0.0769. The summed E-state index contributed by atoms with van der Waals surface area (Å²) in [5.41, 5.74) is 6.50. The van der Waals surface area contributed by atoms with Gasteiger partial charge in [-0.2, -0.15) is 0 Å². The van der Waals surface area contributed by atoms with Crippen molar-refractivity contribution in [2.75, 3.05) is 5.73 Å². The first-order valence-corrected chi connectivity index (χ1v) is 6.94. The molecule has 0 aliphatic rings. The number of nitrogen functional groups attached to an aromatic ring is 1. The molecule has 4 nitrogen and oxygen atoms in total. The maximum atomic E-state index is 12.9. The van der Waals surface area contributed by atoms with E-state index in [-0.39, 0.29) is 5.69 Å². The number of nitro benzene ring substituents is 1. The molecular formula is C13H10ClFN2O2S. The van der Waals surface area contributed by atoms with Gasteiger partial charge in [0.15, 0.2) is 0 Å². The highest BCUT2D eigenvalue weighted by molar-refractivity contribution is 7.98. The van der Waals surface area contributed by atoms with Crippen molar-refractivity contribution in [3.05, 3.63) is 62.9 Å². The second-order valence-corrected chi connectivity index (χ2v) is 5.45. The van der Waals surface area contributed by atoms with Crippen molar-refractivity contribution in [2.45, 2.75) is 10.6 Å². The number of nitrogens with two attached hydrogens (primary N) is 1. The third-order valence-corrected chi connectivity index (χ3v) is 3.97. The summed E-state index contributed by atoms with van der Waals surface area (Å²) in [6.07, 6.45) is 0. The van der Waals surface area contributed by atoms with Crippen LogP contribution in [0.25, 0.3) is 0 Å². The number of anilines is 1. The van der Waals surface area contributed by atoms with E-state index in [0.29, 0.717) is 26.9 Å². The third-order valence-electron chi connectivity index (χ3n) is 2.59. The molecule has 0 spiro atoms. The van der Waals surface area contributed by atoms with Gasteiger partial charge in [0, 0.05) is 33.0 Å². The van der Waals surface area contributed by atoms with Crippen molar-refractivity contribution in [1.29, 1.82) is 0 Å². The Morgan fingerprint density at radius 1 is 1.30 bits per heavy atom. The summed E-state index contributed by atoms with van der Waals surface area (Å²) in [7, 11) is 0. The zero-order valence-corrected chi connectivity index (χ0v) is 11.7. The monoisotopic (exact) mass is 312 g/mol. The van der Waals surface area contributed by atoms with Crippen molar-refractivity contribution in [2.24, 2.45) is 0 Å². The molecule has 0 fully saturated rings. The van der Waals surface area contributed by atoms with Crippen LogP contribution in [-0.2, 0) is 5.75 Å². The van der Waals surface area contributed by atoms with Gasteiger partial charge in [-0.25, -0.2) is 4.39 Å². The second-order valence-electron chi connectivity index (χ2n) is 4.00.